The van der Waals surface area contributed by atoms with Crippen molar-refractivity contribution < 1.29 is 27.4 Å². The van der Waals surface area contributed by atoms with Gasteiger partial charge in [-0.1, -0.05) is 39.0 Å². The normalized spacial score (nSPS) is 20.0. The highest BCUT2D eigenvalue weighted by molar-refractivity contribution is 5.75. The van der Waals surface area contributed by atoms with Crippen LogP contribution in [0.2, 0.25) is 0 Å². The van der Waals surface area contributed by atoms with Crippen molar-refractivity contribution in [2.24, 2.45) is 11.8 Å². The standard InChI is InChI=1S/C22H31F3O3/c1-2-3-4-5-6-7-16-27-19-12-14-20(15-13-19)28-21(26)17-8-10-18(11-9-17)22(23,24)25/h12-15,17-18H,2-11,16H2,1H3/t17-,18-. The molecule has 2 rings (SSSR count). The smallest absolute Gasteiger partial charge is 0.391 e. The van der Waals surface area contributed by atoms with E-state index in [2.05, 4.69) is 6.92 Å². The SMILES string of the molecule is CCCCCCCCOc1ccc(OC(=O)[C@H]2CC[C@H](C(F)(F)F)CC2)cc1. The van der Waals surface area contributed by atoms with Crippen molar-refractivity contribution >= 4 is 5.97 Å². The third kappa shape index (κ3) is 7.72. The number of benzene rings is 1. The Kier molecular flexibility index (Phi) is 9.13. The van der Waals surface area contributed by atoms with E-state index in [-0.39, 0.29) is 25.7 Å². The van der Waals surface area contributed by atoms with Crippen LogP contribution in [-0.2, 0) is 4.79 Å². The number of halogens is 3. The molecule has 0 unspecified atom stereocenters. The van der Waals surface area contributed by atoms with Gasteiger partial charge >= 0.3 is 12.1 Å². The zero-order valence-corrected chi connectivity index (χ0v) is 16.6. The van der Waals surface area contributed by atoms with Crippen molar-refractivity contribution in [2.75, 3.05) is 6.61 Å². The highest BCUT2D eigenvalue weighted by Crippen LogP contribution is 2.39. The number of carbonyl (C=O) groups is 1. The van der Waals surface area contributed by atoms with E-state index in [9.17, 15) is 18.0 Å². The Balaban J connectivity index is 1.67. The Morgan fingerprint density at radius 1 is 0.929 bits per heavy atom. The van der Waals surface area contributed by atoms with Gasteiger partial charge in [0.05, 0.1) is 18.4 Å². The van der Waals surface area contributed by atoms with E-state index >= 15 is 0 Å². The molecule has 0 atom stereocenters. The lowest BCUT2D eigenvalue weighted by Gasteiger charge is -2.28. The monoisotopic (exact) mass is 400 g/mol. The molecule has 158 valence electrons. The fraction of sp³-hybridized carbons (Fsp3) is 0.682. The Morgan fingerprint density at radius 2 is 1.50 bits per heavy atom. The number of rotatable bonds is 10. The van der Waals surface area contributed by atoms with Gasteiger partial charge in [0.25, 0.3) is 0 Å². The van der Waals surface area contributed by atoms with E-state index in [4.69, 9.17) is 9.47 Å². The Bertz CT molecular complexity index is 576. The highest BCUT2D eigenvalue weighted by atomic mass is 19.4. The van der Waals surface area contributed by atoms with Crippen LogP contribution in [0.3, 0.4) is 0 Å². The van der Waals surface area contributed by atoms with Crippen LogP contribution in [0.15, 0.2) is 24.3 Å². The molecule has 0 radical (unpaired) electrons. The van der Waals surface area contributed by atoms with E-state index in [0.29, 0.717) is 12.4 Å². The maximum atomic E-state index is 12.7. The molecule has 1 aliphatic rings. The number of alkyl halides is 3. The summed E-state index contributed by atoms with van der Waals surface area (Å²) in [6.07, 6.45) is 3.47. The van der Waals surface area contributed by atoms with Crippen molar-refractivity contribution in [2.45, 2.75) is 77.3 Å². The van der Waals surface area contributed by atoms with Crippen LogP contribution in [0.4, 0.5) is 13.2 Å². The Hall–Kier alpha value is -1.72. The summed E-state index contributed by atoms with van der Waals surface area (Å²) in [5.74, 6) is -1.07. The van der Waals surface area contributed by atoms with Gasteiger partial charge in [0.15, 0.2) is 0 Å². The predicted molar refractivity (Wildman–Crippen MR) is 102 cm³/mol. The molecule has 3 nitrogen and oxygen atoms in total. The summed E-state index contributed by atoms with van der Waals surface area (Å²) in [4.78, 5) is 12.2. The molecular weight excluding hydrogens is 369 g/mol. The average molecular weight is 400 g/mol. The quantitative estimate of drug-likeness (QED) is 0.249. The van der Waals surface area contributed by atoms with E-state index in [1.165, 1.54) is 25.7 Å². The molecule has 1 aliphatic carbocycles. The number of carbonyl (C=O) groups excluding carboxylic acids is 1. The zero-order valence-electron chi connectivity index (χ0n) is 16.6. The predicted octanol–water partition coefficient (Wildman–Crippen LogP) is 6.70. The van der Waals surface area contributed by atoms with Gasteiger partial charge in [0.2, 0.25) is 0 Å². The molecule has 0 heterocycles. The topological polar surface area (TPSA) is 35.5 Å². The second kappa shape index (κ2) is 11.3. The molecule has 28 heavy (non-hydrogen) atoms. The van der Waals surface area contributed by atoms with Crippen molar-refractivity contribution in [1.29, 1.82) is 0 Å². The van der Waals surface area contributed by atoms with Gasteiger partial charge in [0.1, 0.15) is 11.5 Å². The number of hydrogen-bond acceptors (Lipinski definition) is 3. The number of unbranched alkanes of at least 4 members (excludes halogenated alkanes) is 5. The summed E-state index contributed by atoms with van der Waals surface area (Å²) in [6, 6.07) is 6.83. The van der Waals surface area contributed by atoms with Crippen molar-refractivity contribution in [1.82, 2.24) is 0 Å². The molecule has 1 aromatic carbocycles. The molecule has 0 amide bonds. The number of ether oxygens (including phenoxy) is 2. The lowest BCUT2D eigenvalue weighted by atomic mass is 9.82. The van der Waals surface area contributed by atoms with E-state index in [0.717, 1.165) is 18.6 Å². The van der Waals surface area contributed by atoms with Crippen LogP contribution in [0.1, 0.15) is 71.1 Å². The number of esters is 1. The van der Waals surface area contributed by atoms with Gasteiger partial charge in [-0.15, -0.1) is 0 Å². The molecule has 0 aliphatic heterocycles. The first-order valence-corrected chi connectivity index (χ1v) is 10.4. The Labute approximate surface area is 165 Å². The molecule has 0 N–H and O–H groups in total. The van der Waals surface area contributed by atoms with Gasteiger partial charge in [-0.3, -0.25) is 4.79 Å². The maximum absolute atomic E-state index is 12.7. The van der Waals surface area contributed by atoms with E-state index < -0.39 is 24.0 Å². The van der Waals surface area contributed by atoms with Crippen LogP contribution in [0, 0.1) is 11.8 Å². The van der Waals surface area contributed by atoms with Gasteiger partial charge < -0.3 is 9.47 Å². The minimum atomic E-state index is -4.17. The maximum Gasteiger partial charge on any atom is 0.391 e. The average Bonchev–Trinajstić information content (AvgIpc) is 2.68. The first-order chi connectivity index (χ1) is 13.4. The molecule has 1 fully saturated rings. The number of hydrogen-bond donors (Lipinski definition) is 0. The fourth-order valence-corrected chi connectivity index (χ4v) is 3.53. The molecule has 0 spiro atoms. The minimum absolute atomic E-state index is 0.00547. The summed E-state index contributed by atoms with van der Waals surface area (Å²) < 4.78 is 49.1. The lowest BCUT2D eigenvalue weighted by molar-refractivity contribution is -0.185. The first kappa shape index (κ1) is 22.6. The summed E-state index contributed by atoms with van der Waals surface area (Å²) in [6.45, 7) is 2.86. The lowest BCUT2D eigenvalue weighted by Crippen LogP contribution is -2.31. The minimum Gasteiger partial charge on any atom is -0.494 e. The fourth-order valence-electron chi connectivity index (χ4n) is 3.53. The van der Waals surface area contributed by atoms with Gasteiger partial charge in [-0.05, 0) is 56.4 Å². The van der Waals surface area contributed by atoms with Gasteiger partial charge in [-0.25, -0.2) is 0 Å². The van der Waals surface area contributed by atoms with Crippen molar-refractivity contribution in [3.8, 4) is 11.5 Å². The highest BCUT2D eigenvalue weighted by Gasteiger charge is 2.42. The second-order valence-electron chi connectivity index (χ2n) is 7.60. The third-order valence-corrected chi connectivity index (χ3v) is 5.33. The molecule has 1 aromatic rings. The largest absolute Gasteiger partial charge is 0.494 e. The molecule has 0 bridgehead atoms. The summed E-state index contributed by atoms with van der Waals surface area (Å²) in [5, 5.41) is 0. The molecule has 1 saturated carbocycles. The molecule has 0 saturated heterocycles. The first-order valence-electron chi connectivity index (χ1n) is 10.4. The van der Waals surface area contributed by atoms with Crippen LogP contribution < -0.4 is 9.47 Å². The van der Waals surface area contributed by atoms with Crippen LogP contribution in [-0.4, -0.2) is 18.8 Å². The van der Waals surface area contributed by atoms with E-state index in [1.807, 2.05) is 0 Å². The Morgan fingerprint density at radius 3 is 2.11 bits per heavy atom. The second-order valence-corrected chi connectivity index (χ2v) is 7.60. The van der Waals surface area contributed by atoms with Gasteiger partial charge in [-0.2, -0.15) is 13.2 Å². The van der Waals surface area contributed by atoms with E-state index in [1.54, 1.807) is 24.3 Å². The molecule has 6 heteroatoms. The van der Waals surface area contributed by atoms with Crippen LogP contribution in [0.5, 0.6) is 11.5 Å². The molecule has 0 aromatic heterocycles. The van der Waals surface area contributed by atoms with Crippen LogP contribution >= 0.6 is 0 Å². The summed E-state index contributed by atoms with van der Waals surface area (Å²) >= 11 is 0. The third-order valence-electron chi connectivity index (χ3n) is 5.33. The zero-order chi connectivity index (χ0) is 20.4. The van der Waals surface area contributed by atoms with Crippen LogP contribution in [0.25, 0.3) is 0 Å². The summed E-state index contributed by atoms with van der Waals surface area (Å²) in [5.41, 5.74) is 0. The van der Waals surface area contributed by atoms with Crippen molar-refractivity contribution in [3.63, 3.8) is 0 Å². The molecular formula is C22H31F3O3. The van der Waals surface area contributed by atoms with Gasteiger partial charge in [0, 0.05) is 0 Å². The summed E-state index contributed by atoms with van der Waals surface area (Å²) in [7, 11) is 0. The van der Waals surface area contributed by atoms with Crippen molar-refractivity contribution in [3.05, 3.63) is 24.3 Å².